The molecule has 0 heterocycles. The van der Waals surface area contributed by atoms with Crippen LogP contribution in [-0.4, -0.2) is 8.42 Å². The van der Waals surface area contributed by atoms with E-state index in [1.54, 1.807) is 6.07 Å². The molecule has 5 aromatic carbocycles. The van der Waals surface area contributed by atoms with E-state index in [1.807, 2.05) is 78.9 Å². The SMILES string of the molecule is Cc1c2ccccc2c(C)c2cc(S(=O)(=O)I(c3ccccc3)c3ccccc3)ccc12. The molecular weight excluding hydrogens is 527 g/mol. The van der Waals surface area contributed by atoms with Gasteiger partial charge in [0.05, 0.1) is 0 Å². The van der Waals surface area contributed by atoms with E-state index in [-0.39, 0.29) is 0 Å². The number of hydrogen-bond donors (Lipinski definition) is 0. The minimum absolute atomic E-state index is 0.417. The van der Waals surface area contributed by atoms with E-state index in [2.05, 4.69) is 32.0 Å². The van der Waals surface area contributed by atoms with Crippen LogP contribution in [0.25, 0.3) is 21.5 Å². The van der Waals surface area contributed by atoms with Gasteiger partial charge in [0.15, 0.2) is 0 Å². The summed E-state index contributed by atoms with van der Waals surface area (Å²) in [6.07, 6.45) is 0. The van der Waals surface area contributed by atoms with Crippen molar-refractivity contribution in [1.29, 1.82) is 0 Å². The van der Waals surface area contributed by atoms with Crippen LogP contribution in [-0.2, 0) is 7.01 Å². The molecule has 0 atom stereocenters. The molecule has 0 aromatic heterocycles. The topological polar surface area (TPSA) is 34.1 Å². The van der Waals surface area contributed by atoms with Crippen molar-refractivity contribution >= 4 is 47.0 Å². The van der Waals surface area contributed by atoms with Crippen molar-refractivity contribution in [3.05, 3.63) is 121 Å². The number of rotatable bonds is 4. The van der Waals surface area contributed by atoms with Gasteiger partial charge in [-0.2, -0.15) is 0 Å². The van der Waals surface area contributed by atoms with Gasteiger partial charge in [0.25, 0.3) is 0 Å². The fourth-order valence-corrected chi connectivity index (χ4v) is 16.0. The van der Waals surface area contributed by atoms with Gasteiger partial charge >= 0.3 is 196 Å². The third-order valence-corrected chi connectivity index (χ3v) is 18.2. The van der Waals surface area contributed by atoms with Crippen LogP contribution < -0.4 is 0 Å². The predicted molar refractivity (Wildman–Crippen MR) is 142 cm³/mol. The van der Waals surface area contributed by atoms with E-state index >= 15 is 0 Å². The number of halogens is 1. The summed E-state index contributed by atoms with van der Waals surface area (Å²) in [7, 11) is -3.52. The quantitative estimate of drug-likeness (QED) is 0.132. The molecule has 0 bridgehead atoms. The van der Waals surface area contributed by atoms with Crippen molar-refractivity contribution in [3.63, 3.8) is 0 Å². The molecule has 0 amide bonds. The van der Waals surface area contributed by atoms with Crippen LogP contribution in [0.1, 0.15) is 11.1 Å². The molecule has 5 rings (SSSR count). The van der Waals surface area contributed by atoms with Crippen LogP contribution in [0.15, 0.2) is 108 Å². The molecular formula is C28H23IO2S. The monoisotopic (exact) mass is 550 g/mol. The van der Waals surface area contributed by atoms with Crippen LogP contribution >= 0.6 is 18.4 Å². The summed E-state index contributed by atoms with van der Waals surface area (Å²) in [5, 5.41) is 4.52. The van der Waals surface area contributed by atoms with Crippen molar-refractivity contribution in [2.24, 2.45) is 0 Å². The van der Waals surface area contributed by atoms with E-state index in [0.29, 0.717) is 4.90 Å². The first-order valence-electron chi connectivity index (χ1n) is 10.5. The fourth-order valence-electron chi connectivity index (χ4n) is 4.25. The van der Waals surface area contributed by atoms with Gasteiger partial charge in [-0.05, 0) is 0 Å². The summed E-state index contributed by atoms with van der Waals surface area (Å²) in [6, 6.07) is 33.4. The molecule has 0 spiro atoms. The van der Waals surface area contributed by atoms with Crippen LogP contribution in [0.5, 0.6) is 0 Å². The first-order valence-corrected chi connectivity index (χ1v) is 16.6. The zero-order valence-electron chi connectivity index (χ0n) is 17.9. The molecule has 0 N–H and O–H groups in total. The number of aryl methyl sites for hydroxylation is 2. The second-order valence-corrected chi connectivity index (χ2v) is 18.6. The normalized spacial score (nSPS) is 12.2. The predicted octanol–water partition coefficient (Wildman–Crippen LogP) is 7.54. The molecule has 0 radical (unpaired) electrons. The van der Waals surface area contributed by atoms with Gasteiger partial charge in [0, 0.05) is 0 Å². The molecule has 32 heavy (non-hydrogen) atoms. The summed E-state index contributed by atoms with van der Waals surface area (Å²) in [5.74, 6) is 0. The van der Waals surface area contributed by atoms with Gasteiger partial charge in [-0.25, -0.2) is 0 Å². The third-order valence-electron chi connectivity index (χ3n) is 5.88. The molecule has 0 aliphatic rings. The van der Waals surface area contributed by atoms with Gasteiger partial charge in [-0.3, -0.25) is 0 Å². The summed E-state index contributed by atoms with van der Waals surface area (Å²) < 4.78 is 30.1. The Kier molecular flexibility index (Phi) is 5.51. The van der Waals surface area contributed by atoms with Gasteiger partial charge in [-0.15, -0.1) is 0 Å². The van der Waals surface area contributed by atoms with Gasteiger partial charge < -0.3 is 0 Å². The second-order valence-electron chi connectivity index (χ2n) is 7.78. The van der Waals surface area contributed by atoms with Crippen molar-refractivity contribution in [2.45, 2.75) is 18.7 Å². The van der Waals surface area contributed by atoms with E-state index in [0.717, 1.165) is 23.5 Å². The zero-order valence-corrected chi connectivity index (χ0v) is 20.9. The maximum atomic E-state index is 14.1. The molecule has 4 heteroatoms. The molecule has 160 valence electrons. The number of fused-ring (bicyclic) bond motifs is 2. The van der Waals surface area contributed by atoms with Crippen LogP contribution in [0.3, 0.4) is 0 Å². The van der Waals surface area contributed by atoms with E-state index in [9.17, 15) is 8.42 Å². The second kappa shape index (κ2) is 8.34. The molecule has 0 aliphatic heterocycles. The van der Waals surface area contributed by atoms with Crippen molar-refractivity contribution < 1.29 is 8.42 Å². The Morgan fingerprint density at radius 1 is 0.531 bits per heavy atom. The Hall–Kier alpha value is -2.70. The molecule has 2 nitrogen and oxygen atoms in total. The molecule has 0 aliphatic carbocycles. The minimum atomic E-state index is -3.52. The van der Waals surface area contributed by atoms with Crippen LogP contribution in [0.2, 0.25) is 0 Å². The fraction of sp³-hybridized carbons (Fsp3) is 0.0714. The average Bonchev–Trinajstić information content (AvgIpc) is 2.83. The van der Waals surface area contributed by atoms with Crippen LogP contribution in [0.4, 0.5) is 0 Å². The van der Waals surface area contributed by atoms with Gasteiger partial charge in [0.1, 0.15) is 0 Å². The van der Waals surface area contributed by atoms with Crippen molar-refractivity contribution in [2.75, 3.05) is 0 Å². The molecule has 5 aromatic rings. The third kappa shape index (κ3) is 3.51. The van der Waals surface area contributed by atoms with E-state index in [4.69, 9.17) is 0 Å². The Bertz CT molecular complexity index is 1500. The summed E-state index contributed by atoms with van der Waals surface area (Å²) in [6.45, 7) is 4.20. The van der Waals surface area contributed by atoms with Crippen molar-refractivity contribution in [3.8, 4) is 0 Å². The van der Waals surface area contributed by atoms with E-state index < -0.39 is 25.4 Å². The Morgan fingerprint density at radius 3 is 1.50 bits per heavy atom. The standard InChI is InChI=1S/C28H23IO2S/c1-20-25-15-9-10-16-26(25)21(2)28-19-24(17-18-27(20)28)32(30,31)29(22-11-5-3-6-12-22)23-13-7-4-8-14-23/h3-19H,1-2H3. The van der Waals surface area contributed by atoms with Crippen molar-refractivity contribution in [1.82, 2.24) is 0 Å². The van der Waals surface area contributed by atoms with Gasteiger partial charge in [0.2, 0.25) is 0 Å². The number of hydrogen-bond acceptors (Lipinski definition) is 2. The molecule has 0 fully saturated rings. The summed E-state index contributed by atoms with van der Waals surface area (Å²) in [4.78, 5) is 0.417. The van der Waals surface area contributed by atoms with Crippen LogP contribution in [0, 0.1) is 21.0 Å². The maximum absolute atomic E-state index is 14.1. The number of benzene rings is 5. The average molecular weight is 550 g/mol. The van der Waals surface area contributed by atoms with Gasteiger partial charge in [-0.1, -0.05) is 0 Å². The summed E-state index contributed by atoms with van der Waals surface area (Å²) >= 11 is -2.80. The molecule has 0 saturated heterocycles. The summed E-state index contributed by atoms with van der Waals surface area (Å²) in [5.41, 5.74) is 2.31. The first kappa shape index (κ1) is 21.2. The Morgan fingerprint density at radius 2 is 0.969 bits per heavy atom. The molecule has 0 saturated carbocycles. The van der Waals surface area contributed by atoms with E-state index in [1.165, 1.54) is 16.3 Å². The molecule has 0 unspecified atom stereocenters. The Labute approximate surface area is 194 Å². The Balaban J connectivity index is 1.76. The zero-order chi connectivity index (χ0) is 22.3. The first-order chi connectivity index (χ1) is 15.5.